The number of methoxy groups -OCH3 is 1. The van der Waals surface area contributed by atoms with Gasteiger partial charge >= 0.3 is 5.97 Å². The van der Waals surface area contributed by atoms with Gasteiger partial charge < -0.3 is 10.1 Å². The van der Waals surface area contributed by atoms with E-state index in [0.29, 0.717) is 19.6 Å². The molecule has 3 rings (SSSR count). The minimum atomic E-state index is -0.353. The normalized spacial score (nSPS) is 17.1. The number of nitrogens with zero attached hydrogens (tertiary/aromatic N) is 3. The Labute approximate surface area is 159 Å². The zero-order chi connectivity index (χ0) is 19.4. The predicted molar refractivity (Wildman–Crippen MR) is 102 cm³/mol. The smallest absolute Gasteiger partial charge is 0.311 e. The van der Waals surface area contributed by atoms with Crippen LogP contribution in [0.5, 0.6) is 0 Å². The van der Waals surface area contributed by atoms with Gasteiger partial charge in [-0.15, -0.1) is 0 Å². The molecule has 7 heteroatoms. The summed E-state index contributed by atoms with van der Waals surface area (Å²) in [7, 11) is 1.39. The number of esters is 1. The number of nitrogens with one attached hydrogen (secondary N) is 1. The highest BCUT2D eigenvalue weighted by Gasteiger charge is 2.29. The monoisotopic (exact) mass is 370 g/mol. The van der Waals surface area contributed by atoms with Crippen LogP contribution < -0.4 is 5.32 Å². The molecule has 0 fully saturated rings. The van der Waals surface area contributed by atoms with Gasteiger partial charge in [-0.2, -0.15) is 5.10 Å². The van der Waals surface area contributed by atoms with E-state index in [-0.39, 0.29) is 24.3 Å². The summed E-state index contributed by atoms with van der Waals surface area (Å²) >= 11 is 0. The number of hydrogen-bond donors (Lipinski definition) is 1. The molecule has 1 aliphatic rings. The van der Waals surface area contributed by atoms with Crippen LogP contribution in [-0.2, 0) is 33.8 Å². The van der Waals surface area contributed by atoms with E-state index >= 15 is 0 Å². The van der Waals surface area contributed by atoms with Gasteiger partial charge in [0.2, 0.25) is 5.91 Å². The Morgan fingerprint density at radius 2 is 2.11 bits per heavy atom. The van der Waals surface area contributed by atoms with Crippen molar-refractivity contribution < 1.29 is 14.3 Å². The van der Waals surface area contributed by atoms with Gasteiger partial charge in [0.1, 0.15) is 0 Å². The second kappa shape index (κ2) is 8.35. The quantitative estimate of drug-likeness (QED) is 0.815. The highest BCUT2D eigenvalue weighted by atomic mass is 16.5. The Morgan fingerprint density at radius 1 is 1.30 bits per heavy atom. The van der Waals surface area contributed by atoms with Crippen LogP contribution in [0.25, 0.3) is 0 Å². The van der Waals surface area contributed by atoms with E-state index in [1.165, 1.54) is 7.11 Å². The van der Waals surface area contributed by atoms with Gasteiger partial charge in [-0.1, -0.05) is 25.1 Å². The lowest BCUT2D eigenvalue weighted by Gasteiger charge is -2.22. The number of aromatic nitrogens is 2. The number of para-hydroxylation sites is 1. The summed E-state index contributed by atoms with van der Waals surface area (Å²) in [5, 5.41) is 7.34. The average molecular weight is 370 g/mol. The minimum Gasteiger partial charge on any atom is -0.469 e. The zero-order valence-corrected chi connectivity index (χ0v) is 16.1. The Morgan fingerprint density at radius 3 is 2.85 bits per heavy atom. The maximum absolute atomic E-state index is 12.7. The van der Waals surface area contributed by atoms with Crippen LogP contribution in [0, 0.1) is 12.8 Å². The molecule has 1 aromatic carbocycles. The molecule has 0 radical (unpaired) electrons. The molecule has 1 aromatic heterocycles. The molecule has 0 saturated heterocycles. The van der Waals surface area contributed by atoms with E-state index in [0.717, 1.165) is 28.9 Å². The van der Waals surface area contributed by atoms with Gasteiger partial charge in [0.05, 0.1) is 31.8 Å². The maximum Gasteiger partial charge on any atom is 0.311 e. The van der Waals surface area contributed by atoms with E-state index in [1.807, 2.05) is 40.8 Å². The molecule has 1 N–H and O–H groups in total. The molecule has 2 aromatic rings. The molecule has 0 spiro atoms. The summed E-state index contributed by atoms with van der Waals surface area (Å²) in [5.74, 6) is -0.722. The number of amides is 1. The molecule has 1 aliphatic heterocycles. The molecule has 1 amide bonds. The molecule has 2 heterocycles. The summed E-state index contributed by atoms with van der Waals surface area (Å²) in [6.45, 7) is 5.75. The third-order valence-electron chi connectivity index (χ3n) is 4.97. The largest absolute Gasteiger partial charge is 0.469 e. The van der Waals surface area contributed by atoms with Crippen molar-refractivity contribution in [1.29, 1.82) is 0 Å². The van der Waals surface area contributed by atoms with E-state index in [2.05, 4.69) is 17.3 Å². The van der Waals surface area contributed by atoms with E-state index in [1.54, 1.807) is 6.20 Å². The SMILES string of the molecule is CCc1cccc(C)c1NC(=O)CN1Cc2ccnn2CC(C(=O)OC)C1. The third-order valence-corrected chi connectivity index (χ3v) is 4.97. The van der Waals surface area contributed by atoms with Crippen molar-refractivity contribution in [2.75, 3.05) is 25.5 Å². The van der Waals surface area contributed by atoms with Crippen molar-refractivity contribution in [3.05, 3.63) is 47.3 Å². The first-order valence-electron chi connectivity index (χ1n) is 9.21. The maximum atomic E-state index is 12.7. The van der Waals surface area contributed by atoms with Crippen molar-refractivity contribution in [2.24, 2.45) is 5.92 Å². The van der Waals surface area contributed by atoms with Crippen LogP contribution in [0.1, 0.15) is 23.7 Å². The van der Waals surface area contributed by atoms with E-state index in [4.69, 9.17) is 4.74 Å². The Kier molecular flexibility index (Phi) is 5.91. The molecular weight excluding hydrogens is 344 g/mol. The Balaban J connectivity index is 1.74. The van der Waals surface area contributed by atoms with Crippen LogP contribution in [-0.4, -0.2) is 46.8 Å². The lowest BCUT2D eigenvalue weighted by molar-refractivity contribution is -0.146. The van der Waals surface area contributed by atoms with E-state index in [9.17, 15) is 9.59 Å². The summed E-state index contributed by atoms with van der Waals surface area (Å²) in [4.78, 5) is 26.8. The van der Waals surface area contributed by atoms with Crippen LogP contribution in [0.3, 0.4) is 0 Å². The summed E-state index contributed by atoms with van der Waals surface area (Å²) in [6, 6.07) is 7.94. The fourth-order valence-corrected chi connectivity index (χ4v) is 3.55. The summed E-state index contributed by atoms with van der Waals surface area (Å²) in [5.41, 5.74) is 4.03. The first kappa shape index (κ1) is 19.1. The fourth-order valence-electron chi connectivity index (χ4n) is 3.55. The van der Waals surface area contributed by atoms with Crippen molar-refractivity contribution in [3.8, 4) is 0 Å². The van der Waals surface area contributed by atoms with Gasteiger partial charge in [-0.25, -0.2) is 0 Å². The van der Waals surface area contributed by atoms with Crippen LogP contribution in [0.15, 0.2) is 30.5 Å². The highest BCUT2D eigenvalue weighted by Crippen LogP contribution is 2.22. The molecule has 0 aliphatic carbocycles. The molecule has 0 saturated carbocycles. The first-order chi connectivity index (χ1) is 13.0. The number of rotatable bonds is 5. The number of fused-ring (bicyclic) bond motifs is 1. The molecule has 1 unspecified atom stereocenters. The van der Waals surface area contributed by atoms with Crippen LogP contribution >= 0.6 is 0 Å². The number of carbonyl (C=O) groups excluding carboxylic acids is 2. The van der Waals surface area contributed by atoms with Crippen LogP contribution in [0.2, 0.25) is 0 Å². The topological polar surface area (TPSA) is 76.5 Å². The minimum absolute atomic E-state index is 0.0874. The molecule has 27 heavy (non-hydrogen) atoms. The third kappa shape index (κ3) is 4.36. The average Bonchev–Trinajstić information content (AvgIpc) is 3.01. The van der Waals surface area contributed by atoms with Crippen molar-refractivity contribution in [3.63, 3.8) is 0 Å². The van der Waals surface area contributed by atoms with Gasteiger partial charge in [-0.3, -0.25) is 19.2 Å². The molecule has 144 valence electrons. The highest BCUT2D eigenvalue weighted by molar-refractivity contribution is 5.93. The second-order valence-electron chi connectivity index (χ2n) is 6.91. The second-order valence-corrected chi connectivity index (χ2v) is 6.91. The summed E-state index contributed by atoms with van der Waals surface area (Å²) < 4.78 is 6.74. The molecule has 0 bridgehead atoms. The number of carbonyl (C=O) groups is 2. The Bertz CT molecular complexity index is 830. The standard InChI is InChI=1S/C20H26N4O3/c1-4-15-7-5-6-14(2)19(15)22-18(25)13-23-10-16(20(26)27-3)11-24-17(12-23)8-9-21-24/h5-9,16H,4,10-13H2,1-3H3,(H,22,25). The zero-order valence-electron chi connectivity index (χ0n) is 16.1. The number of anilines is 1. The van der Waals surface area contributed by atoms with Crippen molar-refractivity contribution in [2.45, 2.75) is 33.4 Å². The van der Waals surface area contributed by atoms with Crippen LogP contribution in [0.4, 0.5) is 5.69 Å². The Hall–Kier alpha value is -2.67. The van der Waals surface area contributed by atoms with Gasteiger partial charge in [0.25, 0.3) is 0 Å². The number of aryl methyl sites for hydroxylation is 2. The predicted octanol–water partition coefficient (Wildman–Crippen LogP) is 2.00. The van der Waals surface area contributed by atoms with Gasteiger partial charge in [0.15, 0.2) is 0 Å². The van der Waals surface area contributed by atoms with E-state index < -0.39 is 0 Å². The van der Waals surface area contributed by atoms with Crippen molar-refractivity contribution in [1.82, 2.24) is 14.7 Å². The number of ether oxygens (including phenoxy) is 1. The van der Waals surface area contributed by atoms with Crippen molar-refractivity contribution >= 4 is 17.6 Å². The number of benzene rings is 1. The lowest BCUT2D eigenvalue weighted by Crippen LogP contribution is -2.38. The summed E-state index contributed by atoms with van der Waals surface area (Å²) in [6.07, 6.45) is 2.57. The number of hydrogen-bond acceptors (Lipinski definition) is 5. The first-order valence-corrected chi connectivity index (χ1v) is 9.21. The van der Waals surface area contributed by atoms with Gasteiger partial charge in [0, 0.05) is 25.0 Å². The van der Waals surface area contributed by atoms with Gasteiger partial charge in [-0.05, 0) is 30.5 Å². The molecule has 1 atom stereocenters. The lowest BCUT2D eigenvalue weighted by atomic mass is 10.1. The molecule has 7 nitrogen and oxygen atoms in total. The fraction of sp³-hybridized carbons (Fsp3) is 0.450. The molecular formula is C20H26N4O3.